The van der Waals surface area contributed by atoms with Gasteiger partial charge in [0.25, 0.3) is 0 Å². The van der Waals surface area contributed by atoms with Crippen molar-refractivity contribution in [2.75, 3.05) is 26.3 Å². The van der Waals surface area contributed by atoms with Gasteiger partial charge in [0.1, 0.15) is 0 Å². The number of thiophene rings is 1. The fourth-order valence-corrected chi connectivity index (χ4v) is 4.45. The molecule has 1 aromatic heterocycles. The van der Waals surface area contributed by atoms with Crippen LogP contribution in [0.3, 0.4) is 0 Å². The van der Waals surface area contributed by atoms with Crippen LogP contribution in [0.25, 0.3) is 0 Å². The van der Waals surface area contributed by atoms with Crippen LogP contribution in [0.4, 0.5) is 0 Å². The van der Waals surface area contributed by atoms with Crippen molar-refractivity contribution in [1.82, 2.24) is 4.90 Å². The molecular formula is C17H25NO2S. The molecular weight excluding hydrogens is 282 g/mol. The van der Waals surface area contributed by atoms with E-state index >= 15 is 0 Å². The maximum Gasteiger partial charge on any atom is 0.0841 e. The van der Waals surface area contributed by atoms with Gasteiger partial charge in [-0.3, -0.25) is 4.90 Å². The summed E-state index contributed by atoms with van der Waals surface area (Å²) in [4.78, 5) is 5.40. The summed E-state index contributed by atoms with van der Waals surface area (Å²) in [6.07, 6.45) is 5.48. The van der Waals surface area contributed by atoms with Gasteiger partial charge in [0.2, 0.25) is 0 Å². The molecule has 0 aromatic carbocycles. The van der Waals surface area contributed by atoms with E-state index in [1.54, 1.807) is 0 Å². The van der Waals surface area contributed by atoms with Crippen LogP contribution >= 0.6 is 11.3 Å². The maximum atomic E-state index is 6.17. The average Bonchev–Trinajstić information content (AvgIpc) is 3.04. The third kappa shape index (κ3) is 3.75. The average molecular weight is 307 g/mol. The minimum Gasteiger partial charge on any atom is -0.372 e. The van der Waals surface area contributed by atoms with Crippen LogP contribution in [0.2, 0.25) is 0 Å². The van der Waals surface area contributed by atoms with Crippen molar-refractivity contribution in [3.05, 3.63) is 34.5 Å². The van der Waals surface area contributed by atoms with E-state index < -0.39 is 0 Å². The number of ether oxygens (including phenoxy) is 2. The van der Waals surface area contributed by atoms with Crippen molar-refractivity contribution in [3.8, 4) is 0 Å². The number of hydrogen-bond donors (Lipinski definition) is 0. The van der Waals surface area contributed by atoms with E-state index in [-0.39, 0.29) is 11.7 Å². The molecule has 3 nitrogen and oxygen atoms in total. The zero-order chi connectivity index (χ0) is 14.7. The Labute approximate surface area is 131 Å². The molecule has 1 aromatic rings. The van der Waals surface area contributed by atoms with E-state index in [9.17, 15) is 0 Å². The zero-order valence-corrected chi connectivity index (χ0v) is 13.7. The summed E-state index contributed by atoms with van der Waals surface area (Å²) in [7, 11) is 0. The molecule has 2 aliphatic rings. The quantitative estimate of drug-likeness (QED) is 0.778. The molecule has 0 aliphatic carbocycles. The third-order valence-electron chi connectivity index (χ3n) is 4.42. The molecule has 0 unspecified atom stereocenters. The number of rotatable bonds is 5. The van der Waals surface area contributed by atoms with Crippen LogP contribution < -0.4 is 0 Å². The van der Waals surface area contributed by atoms with Crippen molar-refractivity contribution < 1.29 is 9.47 Å². The highest BCUT2D eigenvalue weighted by molar-refractivity contribution is 7.11. The third-order valence-corrected chi connectivity index (χ3v) is 5.40. The normalized spacial score (nSPS) is 30.0. The van der Waals surface area contributed by atoms with Gasteiger partial charge in [0.05, 0.1) is 24.9 Å². The summed E-state index contributed by atoms with van der Waals surface area (Å²) < 4.78 is 11.9. The second-order valence-electron chi connectivity index (χ2n) is 6.27. The van der Waals surface area contributed by atoms with Crippen LogP contribution in [0.5, 0.6) is 0 Å². The number of nitrogens with zero attached hydrogens (tertiary/aromatic N) is 1. The van der Waals surface area contributed by atoms with Crippen LogP contribution in [-0.2, 0) is 16.0 Å². The van der Waals surface area contributed by atoms with Crippen molar-refractivity contribution >= 4 is 11.3 Å². The first-order chi connectivity index (χ1) is 10.2. The Morgan fingerprint density at radius 2 is 2.48 bits per heavy atom. The molecule has 2 saturated heterocycles. The fourth-order valence-electron chi connectivity index (χ4n) is 3.51. The molecule has 3 rings (SSSR count). The van der Waals surface area contributed by atoms with Gasteiger partial charge in [-0.05, 0) is 38.4 Å². The van der Waals surface area contributed by atoms with Gasteiger partial charge in [0.15, 0.2) is 0 Å². The highest BCUT2D eigenvalue weighted by Crippen LogP contribution is 2.36. The molecule has 0 N–H and O–H groups in total. The lowest BCUT2D eigenvalue weighted by molar-refractivity contribution is -0.0542. The van der Waals surface area contributed by atoms with E-state index in [0.29, 0.717) is 6.61 Å². The van der Waals surface area contributed by atoms with E-state index in [4.69, 9.17) is 9.47 Å². The number of likely N-dealkylation sites (tertiary alicyclic amines) is 1. The minimum atomic E-state index is 0.0242. The van der Waals surface area contributed by atoms with E-state index in [1.807, 2.05) is 17.4 Å². The van der Waals surface area contributed by atoms with Gasteiger partial charge in [-0.15, -0.1) is 17.9 Å². The SMILES string of the molecule is C=CCO[C@@H]1CO[C@]2(CCCN(Cc3ccc(C)s3)C2)C1. The van der Waals surface area contributed by atoms with Crippen LogP contribution in [0.15, 0.2) is 24.8 Å². The van der Waals surface area contributed by atoms with Gasteiger partial charge >= 0.3 is 0 Å². The number of aryl methyl sites for hydroxylation is 1. The summed E-state index contributed by atoms with van der Waals surface area (Å²) in [6, 6.07) is 4.47. The monoisotopic (exact) mass is 307 g/mol. The van der Waals surface area contributed by atoms with Gasteiger partial charge < -0.3 is 9.47 Å². The van der Waals surface area contributed by atoms with E-state index in [0.717, 1.165) is 26.1 Å². The standard InChI is InChI=1S/C17H25NO2S/c1-3-9-19-15-10-17(20-12-15)7-4-8-18(13-17)11-16-6-5-14(2)21-16/h3,5-6,15H,1,4,7-13H2,2H3/t15-,17+/m0/s1. The summed E-state index contributed by atoms with van der Waals surface area (Å²) in [5.41, 5.74) is 0.0242. The van der Waals surface area contributed by atoms with Crippen LogP contribution in [0, 0.1) is 6.92 Å². The highest BCUT2D eigenvalue weighted by Gasteiger charge is 2.43. The largest absolute Gasteiger partial charge is 0.372 e. The van der Waals surface area contributed by atoms with Gasteiger partial charge in [-0.2, -0.15) is 0 Å². The van der Waals surface area contributed by atoms with Gasteiger partial charge in [-0.1, -0.05) is 6.08 Å². The molecule has 2 aliphatic heterocycles. The molecule has 116 valence electrons. The molecule has 0 saturated carbocycles. The fraction of sp³-hybridized carbons (Fsp3) is 0.647. The Hall–Kier alpha value is -0.680. The van der Waals surface area contributed by atoms with Crippen molar-refractivity contribution in [2.24, 2.45) is 0 Å². The van der Waals surface area contributed by atoms with E-state index in [1.165, 1.54) is 29.1 Å². The van der Waals surface area contributed by atoms with Crippen LogP contribution in [0.1, 0.15) is 29.0 Å². The second-order valence-corrected chi connectivity index (χ2v) is 7.64. The molecule has 21 heavy (non-hydrogen) atoms. The Bertz CT molecular complexity index is 487. The summed E-state index contributed by atoms with van der Waals surface area (Å²) in [5.74, 6) is 0. The molecule has 2 atom stereocenters. The minimum absolute atomic E-state index is 0.0242. The van der Waals surface area contributed by atoms with Crippen molar-refractivity contribution in [1.29, 1.82) is 0 Å². The number of hydrogen-bond acceptors (Lipinski definition) is 4. The van der Waals surface area contributed by atoms with Gasteiger partial charge in [0, 0.05) is 29.3 Å². The highest BCUT2D eigenvalue weighted by atomic mass is 32.1. The van der Waals surface area contributed by atoms with Gasteiger partial charge in [-0.25, -0.2) is 0 Å². The lowest BCUT2D eigenvalue weighted by Crippen LogP contribution is -2.47. The first-order valence-electron chi connectivity index (χ1n) is 7.83. The molecule has 3 heterocycles. The predicted octanol–water partition coefficient (Wildman–Crippen LogP) is 3.38. The zero-order valence-electron chi connectivity index (χ0n) is 12.8. The Morgan fingerprint density at radius 1 is 1.57 bits per heavy atom. The lowest BCUT2D eigenvalue weighted by Gasteiger charge is -2.39. The summed E-state index contributed by atoms with van der Waals surface area (Å²) in [5, 5.41) is 0. The molecule has 0 radical (unpaired) electrons. The van der Waals surface area contributed by atoms with Crippen molar-refractivity contribution in [3.63, 3.8) is 0 Å². The summed E-state index contributed by atoms with van der Waals surface area (Å²) in [6.45, 7) is 10.5. The molecule has 1 spiro atoms. The van der Waals surface area contributed by atoms with E-state index in [2.05, 4.69) is 30.5 Å². The Balaban J connectivity index is 1.57. The smallest absolute Gasteiger partial charge is 0.0841 e. The Kier molecular flexibility index (Phi) is 4.79. The molecule has 0 bridgehead atoms. The molecule has 2 fully saturated rings. The molecule has 4 heteroatoms. The van der Waals surface area contributed by atoms with Crippen LogP contribution in [-0.4, -0.2) is 42.9 Å². The molecule has 0 amide bonds. The Morgan fingerprint density at radius 3 is 3.24 bits per heavy atom. The topological polar surface area (TPSA) is 21.7 Å². The summed E-state index contributed by atoms with van der Waals surface area (Å²) >= 11 is 1.91. The first kappa shape index (κ1) is 15.2. The second kappa shape index (κ2) is 6.61. The predicted molar refractivity (Wildman–Crippen MR) is 86.8 cm³/mol. The lowest BCUT2D eigenvalue weighted by atomic mass is 9.89. The first-order valence-corrected chi connectivity index (χ1v) is 8.65. The number of piperidine rings is 1. The maximum absolute atomic E-state index is 6.17. The van der Waals surface area contributed by atoms with Crippen molar-refractivity contribution in [2.45, 2.75) is 44.4 Å².